The Morgan fingerprint density at radius 1 is 1.20 bits per heavy atom. The second-order valence-electron chi connectivity index (χ2n) is 5.49. The largest absolute Gasteiger partial charge is 0.405 e. The molecule has 1 amide bonds. The molecule has 25 heavy (non-hydrogen) atoms. The molecule has 0 heterocycles. The van der Waals surface area contributed by atoms with Gasteiger partial charge in [-0.3, -0.25) is 4.79 Å². The standard InChI is InChI=1S/C15H21F3N2O4S/c1-11(2)24-9-3-8-20-25(22,23)13-6-4-12(5-7-13)14(21)19-10-15(16,17)18/h4-7,11,20H,3,8-10H2,1-2H3,(H,19,21). The van der Waals surface area contributed by atoms with E-state index in [2.05, 4.69) is 4.72 Å². The fourth-order valence-corrected chi connectivity index (χ4v) is 2.82. The van der Waals surface area contributed by atoms with E-state index in [4.69, 9.17) is 4.74 Å². The second kappa shape index (κ2) is 9.16. The third-order valence-corrected chi connectivity index (χ3v) is 4.42. The van der Waals surface area contributed by atoms with E-state index >= 15 is 0 Å². The number of ether oxygens (including phenoxy) is 1. The van der Waals surface area contributed by atoms with Crippen LogP contribution in [0.4, 0.5) is 13.2 Å². The van der Waals surface area contributed by atoms with E-state index in [0.717, 1.165) is 24.3 Å². The van der Waals surface area contributed by atoms with Gasteiger partial charge in [-0.15, -0.1) is 0 Å². The molecule has 0 bridgehead atoms. The highest BCUT2D eigenvalue weighted by atomic mass is 32.2. The third-order valence-electron chi connectivity index (χ3n) is 2.94. The molecule has 0 unspecified atom stereocenters. The number of hydrogen-bond donors (Lipinski definition) is 2. The fraction of sp³-hybridized carbons (Fsp3) is 0.533. The van der Waals surface area contributed by atoms with Crippen LogP contribution in [0, 0.1) is 0 Å². The maximum atomic E-state index is 12.1. The summed E-state index contributed by atoms with van der Waals surface area (Å²) in [6, 6.07) is 4.63. The SMILES string of the molecule is CC(C)OCCCNS(=O)(=O)c1ccc(C(=O)NCC(F)(F)F)cc1. The Labute approximate surface area is 144 Å². The van der Waals surface area contributed by atoms with Crippen molar-refractivity contribution in [2.24, 2.45) is 0 Å². The molecule has 0 aliphatic rings. The molecule has 0 atom stereocenters. The first-order valence-electron chi connectivity index (χ1n) is 7.57. The lowest BCUT2D eigenvalue weighted by Gasteiger charge is -2.10. The fourth-order valence-electron chi connectivity index (χ4n) is 1.75. The predicted molar refractivity (Wildman–Crippen MR) is 85.7 cm³/mol. The van der Waals surface area contributed by atoms with E-state index in [-0.39, 0.29) is 23.1 Å². The van der Waals surface area contributed by atoms with Gasteiger partial charge in [0.15, 0.2) is 0 Å². The number of halogens is 3. The Balaban J connectivity index is 2.57. The summed E-state index contributed by atoms with van der Waals surface area (Å²) in [6.45, 7) is 2.89. The Kier molecular flexibility index (Phi) is 7.84. The number of sulfonamides is 1. The number of nitrogens with one attached hydrogen (secondary N) is 2. The lowest BCUT2D eigenvalue weighted by Crippen LogP contribution is -2.33. The summed E-state index contributed by atoms with van der Waals surface area (Å²) in [5, 5.41) is 1.71. The van der Waals surface area contributed by atoms with Gasteiger partial charge in [-0.25, -0.2) is 13.1 Å². The molecule has 1 aromatic rings. The van der Waals surface area contributed by atoms with E-state index in [1.54, 1.807) is 5.32 Å². The minimum Gasteiger partial charge on any atom is -0.379 e. The number of carbonyl (C=O) groups is 1. The van der Waals surface area contributed by atoms with Crippen LogP contribution >= 0.6 is 0 Å². The van der Waals surface area contributed by atoms with E-state index in [1.807, 2.05) is 13.8 Å². The van der Waals surface area contributed by atoms with Crippen molar-refractivity contribution in [2.75, 3.05) is 19.7 Å². The minimum atomic E-state index is -4.51. The summed E-state index contributed by atoms with van der Waals surface area (Å²) >= 11 is 0. The van der Waals surface area contributed by atoms with Crippen molar-refractivity contribution in [3.05, 3.63) is 29.8 Å². The van der Waals surface area contributed by atoms with Crippen LogP contribution < -0.4 is 10.0 Å². The molecule has 0 radical (unpaired) electrons. The molecule has 0 aromatic heterocycles. The summed E-state index contributed by atoms with van der Waals surface area (Å²) in [5.41, 5.74) is -0.0615. The van der Waals surface area contributed by atoms with Crippen molar-refractivity contribution in [3.63, 3.8) is 0 Å². The molecule has 1 aromatic carbocycles. The predicted octanol–water partition coefficient (Wildman–Crippen LogP) is 2.07. The molecule has 0 aliphatic heterocycles. The summed E-state index contributed by atoms with van der Waals surface area (Å²) in [7, 11) is -3.76. The van der Waals surface area contributed by atoms with Gasteiger partial charge in [0.05, 0.1) is 11.0 Å². The van der Waals surface area contributed by atoms with Crippen molar-refractivity contribution in [1.82, 2.24) is 10.0 Å². The van der Waals surface area contributed by atoms with Crippen molar-refractivity contribution in [2.45, 2.75) is 37.4 Å². The lowest BCUT2D eigenvalue weighted by atomic mass is 10.2. The molecular formula is C15H21F3N2O4S. The number of hydrogen-bond acceptors (Lipinski definition) is 4. The molecule has 0 saturated carbocycles. The maximum Gasteiger partial charge on any atom is 0.405 e. The lowest BCUT2D eigenvalue weighted by molar-refractivity contribution is -0.123. The molecule has 142 valence electrons. The van der Waals surface area contributed by atoms with E-state index in [1.165, 1.54) is 0 Å². The Bertz CT molecular complexity index is 658. The van der Waals surface area contributed by atoms with Crippen LogP contribution in [0.25, 0.3) is 0 Å². The third kappa shape index (κ3) is 8.32. The smallest absolute Gasteiger partial charge is 0.379 e. The molecule has 1 rings (SSSR count). The zero-order valence-corrected chi connectivity index (χ0v) is 14.7. The zero-order chi connectivity index (χ0) is 19.1. The molecule has 0 saturated heterocycles. The monoisotopic (exact) mass is 382 g/mol. The number of carbonyl (C=O) groups excluding carboxylic acids is 1. The number of benzene rings is 1. The number of alkyl halides is 3. The first-order chi connectivity index (χ1) is 11.5. The van der Waals surface area contributed by atoms with Gasteiger partial charge >= 0.3 is 6.18 Å². The van der Waals surface area contributed by atoms with Gasteiger partial charge in [0, 0.05) is 18.7 Å². The first-order valence-corrected chi connectivity index (χ1v) is 9.06. The van der Waals surface area contributed by atoms with Crippen LogP contribution in [-0.4, -0.2) is 46.3 Å². The average molecular weight is 382 g/mol. The van der Waals surface area contributed by atoms with Crippen molar-refractivity contribution >= 4 is 15.9 Å². The molecule has 0 fully saturated rings. The second-order valence-corrected chi connectivity index (χ2v) is 7.26. The van der Waals surface area contributed by atoms with E-state index in [0.29, 0.717) is 13.0 Å². The highest BCUT2D eigenvalue weighted by Gasteiger charge is 2.28. The molecular weight excluding hydrogens is 361 g/mol. The molecule has 0 spiro atoms. The summed E-state index contributed by atoms with van der Waals surface area (Å²) in [4.78, 5) is 11.5. The topological polar surface area (TPSA) is 84.5 Å². The van der Waals surface area contributed by atoms with Crippen molar-refractivity contribution in [3.8, 4) is 0 Å². The molecule has 10 heteroatoms. The van der Waals surface area contributed by atoms with Gasteiger partial charge in [-0.1, -0.05) is 0 Å². The average Bonchev–Trinajstić information content (AvgIpc) is 2.51. The zero-order valence-electron chi connectivity index (χ0n) is 13.9. The Hall–Kier alpha value is -1.65. The van der Waals surface area contributed by atoms with Crippen LogP contribution in [-0.2, 0) is 14.8 Å². The Morgan fingerprint density at radius 2 is 1.80 bits per heavy atom. The highest BCUT2D eigenvalue weighted by Crippen LogP contribution is 2.14. The van der Waals surface area contributed by atoms with Gasteiger partial charge < -0.3 is 10.1 Å². The van der Waals surface area contributed by atoms with Gasteiger partial charge in [0.25, 0.3) is 5.91 Å². The molecule has 0 aliphatic carbocycles. The molecule has 6 nitrogen and oxygen atoms in total. The van der Waals surface area contributed by atoms with Crippen LogP contribution in [0.15, 0.2) is 29.2 Å². The quantitative estimate of drug-likeness (QED) is 0.641. The van der Waals surface area contributed by atoms with Gasteiger partial charge in [0.2, 0.25) is 10.0 Å². The normalized spacial score (nSPS) is 12.4. The molecule has 2 N–H and O–H groups in total. The van der Waals surface area contributed by atoms with Crippen LogP contribution in [0.5, 0.6) is 0 Å². The Morgan fingerprint density at radius 3 is 2.32 bits per heavy atom. The van der Waals surface area contributed by atoms with E-state index in [9.17, 15) is 26.4 Å². The minimum absolute atomic E-state index is 0.0615. The van der Waals surface area contributed by atoms with Crippen LogP contribution in [0.1, 0.15) is 30.6 Å². The van der Waals surface area contributed by atoms with Crippen molar-refractivity contribution < 1.29 is 31.1 Å². The van der Waals surface area contributed by atoms with E-state index < -0.39 is 28.7 Å². The number of amides is 1. The van der Waals surface area contributed by atoms with Crippen LogP contribution in [0.2, 0.25) is 0 Å². The summed E-state index contributed by atoms with van der Waals surface area (Å²) < 4.78 is 68.0. The van der Waals surface area contributed by atoms with Gasteiger partial charge in [-0.05, 0) is 44.5 Å². The summed E-state index contributed by atoms with van der Waals surface area (Å²) in [6.07, 6.45) is -3.95. The first kappa shape index (κ1) is 21.4. The number of rotatable bonds is 9. The van der Waals surface area contributed by atoms with Crippen LogP contribution in [0.3, 0.4) is 0 Å². The van der Waals surface area contributed by atoms with Gasteiger partial charge in [0.1, 0.15) is 6.54 Å². The highest BCUT2D eigenvalue weighted by molar-refractivity contribution is 7.89. The van der Waals surface area contributed by atoms with Crippen molar-refractivity contribution in [1.29, 1.82) is 0 Å². The maximum absolute atomic E-state index is 12.1. The van der Waals surface area contributed by atoms with Gasteiger partial charge in [-0.2, -0.15) is 13.2 Å². The summed E-state index contributed by atoms with van der Waals surface area (Å²) in [5.74, 6) is -0.930.